The zero-order valence-corrected chi connectivity index (χ0v) is 18.7. The van der Waals surface area contributed by atoms with E-state index in [1.165, 1.54) is 0 Å². The number of esters is 2. The molecule has 9 heteroatoms. The Bertz CT molecular complexity index is 1310. The number of benzene rings is 1. The van der Waals surface area contributed by atoms with Crippen molar-refractivity contribution in [2.75, 3.05) is 25.1 Å². The fraction of sp³-hybridized carbons (Fsp3) is 0.250. The molecule has 170 valence electrons. The molecule has 3 heterocycles. The van der Waals surface area contributed by atoms with E-state index in [4.69, 9.17) is 14.5 Å². The number of para-hydroxylation sites is 1. The highest BCUT2D eigenvalue weighted by molar-refractivity contribution is 5.97. The molecule has 0 aliphatic rings. The summed E-state index contributed by atoms with van der Waals surface area (Å²) in [5.41, 5.74) is 3.59. The number of ether oxygens (including phenoxy) is 2. The number of carbonyl (C=O) groups excluding carboxylic acids is 2. The molecule has 4 aromatic rings. The lowest BCUT2D eigenvalue weighted by molar-refractivity contribution is -0.140. The number of rotatable bonds is 8. The van der Waals surface area contributed by atoms with Gasteiger partial charge in [0.15, 0.2) is 5.69 Å². The smallest absolute Gasteiger partial charge is 0.359 e. The zero-order chi connectivity index (χ0) is 23.4. The van der Waals surface area contributed by atoms with Gasteiger partial charge in [-0.25, -0.2) is 14.5 Å². The minimum atomic E-state index is -0.548. The van der Waals surface area contributed by atoms with E-state index >= 15 is 0 Å². The van der Waals surface area contributed by atoms with Crippen LogP contribution < -0.4 is 5.32 Å². The van der Waals surface area contributed by atoms with E-state index in [1.54, 1.807) is 24.7 Å². The SMILES string of the molecule is CCOC(=O)CNc1c(-c2cn(-c3ccccc3C)nc2C(=O)OCC)nc2ccccn12. The zero-order valence-electron chi connectivity index (χ0n) is 18.7. The van der Waals surface area contributed by atoms with Gasteiger partial charge >= 0.3 is 11.9 Å². The van der Waals surface area contributed by atoms with Crippen LogP contribution in [0, 0.1) is 6.92 Å². The first-order valence-corrected chi connectivity index (χ1v) is 10.7. The standard InChI is InChI=1S/C24H25N5O4/c1-4-32-20(30)14-25-23-21(26-19-12-8-9-13-28(19)23)17-15-29(18-11-7-6-10-16(18)3)27-22(17)24(31)33-5-2/h6-13,15,25H,4-5,14H2,1-3H3. The van der Waals surface area contributed by atoms with Crippen LogP contribution in [-0.4, -0.2) is 50.9 Å². The van der Waals surface area contributed by atoms with Crippen molar-refractivity contribution < 1.29 is 19.1 Å². The highest BCUT2D eigenvalue weighted by atomic mass is 16.5. The van der Waals surface area contributed by atoms with Crippen molar-refractivity contribution in [1.29, 1.82) is 0 Å². The number of hydrogen-bond donors (Lipinski definition) is 1. The van der Waals surface area contributed by atoms with Crippen molar-refractivity contribution >= 4 is 23.4 Å². The van der Waals surface area contributed by atoms with E-state index in [0.717, 1.165) is 11.3 Å². The second-order valence-electron chi connectivity index (χ2n) is 7.24. The summed E-state index contributed by atoms with van der Waals surface area (Å²) in [6, 6.07) is 13.3. The van der Waals surface area contributed by atoms with Crippen LogP contribution in [0.3, 0.4) is 0 Å². The Hall–Kier alpha value is -4.14. The fourth-order valence-corrected chi connectivity index (χ4v) is 3.56. The van der Waals surface area contributed by atoms with E-state index in [2.05, 4.69) is 10.4 Å². The lowest BCUT2D eigenvalue weighted by atomic mass is 10.1. The molecule has 0 amide bonds. The quantitative estimate of drug-likeness (QED) is 0.412. The lowest BCUT2D eigenvalue weighted by Crippen LogP contribution is -2.18. The van der Waals surface area contributed by atoms with E-state index in [0.29, 0.717) is 22.7 Å². The van der Waals surface area contributed by atoms with Gasteiger partial charge in [-0.1, -0.05) is 24.3 Å². The van der Waals surface area contributed by atoms with Gasteiger partial charge in [0, 0.05) is 12.4 Å². The Kier molecular flexibility index (Phi) is 6.39. The van der Waals surface area contributed by atoms with Crippen LogP contribution in [0.4, 0.5) is 5.82 Å². The van der Waals surface area contributed by atoms with Gasteiger partial charge in [0.2, 0.25) is 0 Å². The number of hydrogen-bond acceptors (Lipinski definition) is 7. The molecule has 0 spiro atoms. The van der Waals surface area contributed by atoms with Crippen LogP contribution in [0.1, 0.15) is 29.9 Å². The third-order valence-electron chi connectivity index (χ3n) is 5.04. The Balaban J connectivity index is 1.87. The summed E-state index contributed by atoms with van der Waals surface area (Å²) in [4.78, 5) is 29.5. The predicted octanol–water partition coefficient (Wildman–Crippen LogP) is 3.65. The highest BCUT2D eigenvalue weighted by Gasteiger charge is 2.26. The molecule has 0 radical (unpaired) electrons. The summed E-state index contributed by atoms with van der Waals surface area (Å²) in [5.74, 6) is -0.391. The van der Waals surface area contributed by atoms with Gasteiger partial charge in [0.25, 0.3) is 0 Å². The van der Waals surface area contributed by atoms with E-state index in [-0.39, 0.29) is 25.5 Å². The van der Waals surface area contributed by atoms with E-state index in [1.807, 2.05) is 60.0 Å². The second-order valence-corrected chi connectivity index (χ2v) is 7.24. The van der Waals surface area contributed by atoms with Gasteiger partial charge < -0.3 is 14.8 Å². The molecular weight excluding hydrogens is 422 g/mol. The van der Waals surface area contributed by atoms with Gasteiger partial charge in [-0.15, -0.1) is 0 Å². The van der Waals surface area contributed by atoms with E-state index < -0.39 is 11.9 Å². The molecule has 0 unspecified atom stereocenters. The number of aromatic nitrogens is 4. The molecule has 0 aliphatic carbocycles. The molecule has 0 saturated heterocycles. The Morgan fingerprint density at radius 2 is 1.79 bits per heavy atom. The number of anilines is 1. The van der Waals surface area contributed by atoms with Gasteiger partial charge in [-0.3, -0.25) is 9.20 Å². The summed E-state index contributed by atoms with van der Waals surface area (Å²) < 4.78 is 13.8. The topological polar surface area (TPSA) is 99.8 Å². The van der Waals surface area contributed by atoms with Crippen molar-refractivity contribution in [3.63, 3.8) is 0 Å². The van der Waals surface area contributed by atoms with Crippen molar-refractivity contribution in [2.24, 2.45) is 0 Å². The predicted molar refractivity (Wildman–Crippen MR) is 124 cm³/mol. The van der Waals surface area contributed by atoms with Gasteiger partial charge in [-0.2, -0.15) is 5.10 Å². The number of pyridine rings is 1. The molecule has 0 saturated carbocycles. The van der Waals surface area contributed by atoms with Crippen LogP contribution >= 0.6 is 0 Å². The maximum atomic E-state index is 12.8. The van der Waals surface area contributed by atoms with Crippen LogP contribution in [0.5, 0.6) is 0 Å². The number of carbonyl (C=O) groups is 2. The van der Waals surface area contributed by atoms with Crippen LogP contribution in [-0.2, 0) is 14.3 Å². The maximum absolute atomic E-state index is 12.8. The Morgan fingerprint density at radius 3 is 2.55 bits per heavy atom. The molecule has 0 aliphatic heterocycles. The van der Waals surface area contributed by atoms with Crippen molar-refractivity contribution in [3.05, 3.63) is 66.1 Å². The largest absolute Gasteiger partial charge is 0.465 e. The van der Waals surface area contributed by atoms with Gasteiger partial charge in [0.05, 0.1) is 24.5 Å². The Morgan fingerprint density at radius 1 is 1.03 bits per heavy atom. The third-order valence-corrected chi connectivity index (χ3v) is 5.04. The molecular formula is C24H25N5O4. The summed E-state index contributed by atoms with van der Waals surface area (Å²) in [5, 5.41) is 7.66. The molecule has 0 atom stereocenters. The lowest BCUT2D eigenvalue weighted by Gasteiger charge is -2.08. The number of fused-ring (bicyclic) bond motifs is 1. The van der Waals surface area contributed by atoms with Crippen LogP contribution in [0.2, 0.25) is 0 Å². The summed E-state index contributed by atoms with van der Waals surface area (Å²) in [7, 11) is 0. The number of nitrogens with zero attached hydrogens (tertiary/aromatic N) is 4. The molecule has 0 fully saturated rings. The molecule has 1 aromatic carbocycles. The molecule has 3 aromatic heterocycles. The van der Waals surface area contributed by atoms with Crippen LogP contribution in [0.15, 0.2) is 54.9 Å². The first-order valence-electron chi connectivity index (χ1n) is 10.7. The monoisotopic (exact) mass is 447 g/mol. The Labute approximate surface area is 191 Å². The molecule has 0 bridgehead atoms. The second kappa shape index (κ2) is 9.56. The third kappa shape index (κ3) is 4.43. The van der Waals surface area contributed by atoms with Crippen molar-refractivity contribution in [1.82, 2.24) is 19.2 Å². The summed E-state index contributed by atoms with van der Waals surface area (Å²) >= 11 is 0. The highest BCUT2D eigenvalue weighted by Crippen LogP contribution is 2.32. The summed E-state index contributed by atoms with van der Waals surface area (Å²) in [6.07, 6.45) is 3.58. The fourth-order valence-electron chi connectivity index (χ4n) is 3.56. The molecule has 4 rings (SSSR count). The van der Waals surface area contributed by atoms with Crippen LogP contribution in [0.25, 0.3) is 22.6 Å². The normalized spacial score (nSPS) is 10.9. The first-order chi connectivity index (χ1) is 16.0. The average Bonchev–Trinajstić information content (AvgIpc) is 3.40. The number of aryl methyl sites for hydroxylation is 1. The minimum Gasteiger partial charge on any atom is -0.465 e. The number of imidazole rings is 1. The van der Waals surface area contributed by atoms with Crippen molar-refractivity contribution in [2.45, 2.75) is 20.8 Å². The molecule has 33 heavy (non-hydrogen) atoms. The van der Waals surface area contributed by atoms with E-state index in [9.17, 15) is 9.59 Å². The first kappa shape index (κ1) is 22.1. The molecule has 1 N–H and O–H groups in total. The number of nitrogens with one attached hydrogen (secondary N) is 1. The van der Waals surface area contributed by atoms with Crippen molar-refractivity contribution in [3.8, 4) is 16.9 Å². The summed E-state index contributed by atoms with van der Waals surface area (Å²) in [6.45, 7) is 5.92. The van der Waals surface area contributed by atoms with Gasteiger partial charge in [0.1, 0.15) is 23.7 Å². The minimum absolute atomic E-state index is 0.0514. The molecule has 9 nitrogen and oxygen atoms in total. The van der Waals surface area contributed by atoms with Gasteiger partial charge in [-0.05, 0) is 44.5 Å². The average molecular weight is 447 g/mol. The maximum Gasteiger partial charge on any atom is 0.359 e.